The van der Waals surface area contributed by atoms with Crippen molar-refractivity contribution in [1.82, 2.24) is 14.8 Å². The molecule has 23 heavy (non-hydrogen) atoms. The number of fused-ring (bicyclic) bond motifs is 1. The Labute approximate surface area is 143 Å². The summed E-state index contributed by atoms with van der Waals surface area (Å²) in [5.74, 6) is 0.859. The Hall–Kier alpha value is -2.24. The molecule has 3 nitrogen and oxygen atoms in total. The fraction of sp³-hybridized carbons (Fsp3) is 0.111. The van der Waals surface area contributed by atoms with Gasteiger partial charge >= 0.3 is 0 Å². The second-order valence-electron chi connectivity index (χ2n) is 5.68. The minimum atomic E-state index is 0.611. The summed E-state index contributed by atoms with van der Waals surface area (Å²) in [5.41, 5.74) is 4.58. The molecule has 0 spiro atoms. The second-order valence-corrected chi connectivity index (χ2v) is 6.98. The SMILES string of the molecule is Cc1cc(C)cc(-n2c(-c3csc4ccccc34)n[nH]c2=S)c1. The zero-order chi connectivity index (χ0) is 16.0. The van der Waals surface area contributed by atoms with Gasteiger partial charge in [0.05, 0.1) is 5.69 Å². The molecule has 0 aliphatic heterocycles. The summed E-state index contributed by atoms with van der Waals surface area (Å²) in [7, 11) is 0. The molecule has 2 heterocycles. The zero-order valence-corrected chi connectivity index (χ0v) is 14.5. The van der Waals surface area contributed by atoms with E-state index in [9.17, 15) is 0 Å². The third-order valence-corrected chi connectivity index (χ3v) is 5.10. The highest BCUT2D eigenvalue weighted by atomic mass is 32.1. The van der Waals surface area contributed by atoms with Crippen molar-refractivity contribution >= 4 is 33.6 Å². The van der Waals surface area contributed by atoms with E-state index in [1.807, 2.05) is 4.57 Å². The first-order valence-corrected chi connectivity index (χ1v) is 8.65. The van der Waals surface area contributed by atoms with Crippen LogP contribution in [-0.4, -0.2) is 14.8 Å². The summed E-state index contributed by atoms with van der Waals surface area (Å²) in [6, 6.07) is 14.8. The van der Waals surface area contributed by atoms with E-state index in [-0.39, 0.29) is 0 Å². The maximum atomic E-state index is 5.49. The van der Waals surface area contributed by atoms with Crippen molar-refractivity contribution < 1.29 is 0 Å². The summed E-state index contributed by atoms with van der Waals surface area (Å²) in [4.78, 5) is 0. The van der Waals surface area contributed by atoms with E-state index in [2.05, 4.69) is 71.9 Å². The third-order valence-electron chi connectivity index (χ3n) is 3.86. The molecule has 1 N–H and O–H groups in total. The number of thiophene rings is 1. The van der Waals surface area contributed by atoms with E-state index in [1.165, 1.54) is 21.2 Å². The van der Waals surface area contributed by atoms with Crippen LogP contribution in [0.1, 0.15) is 11.1 Å². The van der Waals surface area contributed by atoms with E-state index in [0.29, 0.717) is 4.77 Å². The average Bonchev–Trinajstić information content (AvgIpc) is 3.09. The Bertz CT molecular complexity index is 1050. The molecule has 114 valence electrons. The Morgan fingerprint density at radius 3 is 2.61 bits per heavy atom. The normalized spacial score (nSPS) is 11.2. The Kier molecular flexibility index (Phi) is 3.39. The first kappa shape index (κ1) is 14.4. The Morgan fingerprint density at radius 2 is 1.83 bits per heavy atom. The largest absolute Gasteiger partial charge is 0.268 e. The van der Waals surface area contributed by atoms with Gasteiger partial charge in [-0.25, -0.2) is 0 Å². The molecule has 5 heteroatoms. The topological polar surface area (TPSA) is 33.6 Å². The molecule has 0 saturated carbocycles. The number of hydrogen-bond donors (Lipinski definition) is 1. The number of nitrogens with zero attached hydrogens (tertiary/aromatic N) is 2. The summed E-state index contributed by atoms with van der Waals surface area (Å²) in [6.07, 6.45) is 0. The van der Waals surface area contributed by atoms with Gasteiger partial charge in [-0.05, 0) is 55.4 Å². The number of aromatic amines is 1. The van der Waals surface area contributed by atoms with E-state index in [1.54, 1.807) is 11.3 Å². The molecule has 2 aromatic carbocycles. The van der Waals surface area contributed by atoms with Crippen LogP contribution in [0, 0.1) is 18.6 Å². The smallest absolute Gasteiger partial charge is 0.200 e. The van der Waals surface area contributed by atoms with Gasteiger partial charge in [-0.2, -0.15) is 5.10 Å². The molecule has 0 aliphatic rings. The summed E-state index contributed by atoms with van der Waals surface area (Å²) >= 11 is 7.21. The first-order valence-electron chi connectivity index (χ1n) is 7.36. The van der Waals surface area contributed by atoms with Gasteiger partial charge in [0.1, 0.15) is 0 Å². The van der Waals surface area contributed by atoms with Crippen LogP contribution in [0.15, 0.2) is 47.8 Å². The third kappa shape index (κ3) is 2.42. The van der Waals surface area contributed by atoms with Crippen LogP contribution in [0.5, 0.6) is 0 Å². The lowest BCUT2D eigenvalue weighted by Crippen LogP contribution is -1.98. The highest BCUT2D eigenvalue weighted by Crippen LogP contribution is 2.34. The summed E-state index contributed by atoms with van der Waals surface area (Å²) in [5, 5.41) is 10.8. The number of nitrogens with one attached hydrogen (secondary N) is 1. The van der Waals surface area contributed by atoms with Gasteiger partial charge in [0.15, 0.2) is 10.6 Å². The van der Waals surface area contributed by atoms with Crippen molar-refractivity contribution in [1.29, 1.82) is 0 Å². The van der Waals surface area contributed by atoms with Crippen molar-refractivity contribution in [3.63, 3.8) is 0 Å². The van der Waals surface area contributed by atoms with E-state index in [0.717, 1.165) is 17.1 Å². The van der Waals surface area contributed by atoms with Crippen LogP contribution in [0.3, 0.4) is 0 Å². The molecule has 4 rings (SSSR count). The number of rotatable bonds is 2. The number of aryl methyl sites for hydroxylation is 2. The second kappa shape index (κ2) is 5.44. The lowest BCUT2D eigenvalue weighted by Gasteiger charge is -2.09. The fourth-order valence-electron chi connectivity index (χ4n) is 2.95. The zero-order valence-electron chi connectivity index (χ0n) is 12.8. The number of benzene rings is 2. The van der Waals surface area contributed by atoms with Crippen LogP contribution >= 0.6 is 23.6 Å². The van der Waals surface area contributed by atoms with Gasteiger partial charge < -0.3 is 0 Å². The van der Waals surface area contributed by atoms with E-state index >= 15 is 0 Å². The van der Waals surface area contributed by atoms with Crippen LogP contribution in [0.4, 0.5) is 0 Å². The van der Waals surface area contributed by atoms with E-state index < -0.39 is 0 Å². The van der Waals surface area contributed by atoms with Crippen molar-refractivity contribution in [3.05, 3.63) is 63.7 Å². The highest BCUT2D eigenvalue weighted by Gasteiger charge is 2.15. The maximum absolute atomic E-state index is 5.49. The molecule has 0 fully saturated rings. The first-order chi connectivity index (χ1) is 11.1. The standard InChI is InChI=1S/C18H15N3S2/c1-11-7-12(2)9-13(8-11)21-17(19-20-18(21)22)15-10-23-16-6-4-3-5-14(15)16/h3-10H,1-2H3,(H,20,22). The molecular weight excluding hydrogens is 322 g/mol. The van der Waals surface area contributed by atoms with Crippen LogP contribution in [-0.2, 0) is 0 Å². The predicted octanol–water partition coefficient (Wildman–Crippen LogP) is 5.43. The molecule has 0 amide bonds. The molecular formula is C18H15N3S2. The Morgan fingerprint density at radius 1 is 1.09 bits per heavy atom. The molecule has 4 aromatic rings. The van der Waals surface area contributed by atoms with Gasteiger partial charge in [-0.1, -0.05) is 24.3 Å². The average molecular weight is 337 g/mol. The maximum Gasteiger partial charge on any atom is 0.200 e. The van der Waals surface area contributed by atoms with Gasteiger partial charge in [-0.3, -0.25) is 9.67 Å². The number of H-pyrrole nitrogens is 1. The predicted molar refractivity (Wildman–Crippen MR) is 99.0 cm³/mol. The lowest BCUT2D eigenvalue weighted by molar-refractivity contribution is 1.03. The molecule has 2 aromatic heterocycles. The molecule has 0 radical (unpaired) electrons. The Balaban J connectivity index is 2.00. The lowest BCUT2D eigenvalue weighted by atomic mass is 10.1. The van der Waals surface area contributed by atoms with Crippen LogP contribution < -0.4 is 0 Å². The van der Waals surface area contributed by atoms with Crippen LogP contribution in [0.25, 0.3) is 27.2 Å². The molecule has 0 unspecified atom stereocenters. The quantitative estimate of drug-likeness (QED) is 0.495. The fourth-order valence-corrected chi connectivity index (χ4v) is 4.12. The number of hydrogen-bond acceptors (Lipinski definition) is 3. The molecule has 0 bridgehead atoms. The number of aromatic nitrogens is 3. The van der Waals surface area contributed by atoms with Gasteiger partial charge in [0.25, 0.3) is 0 Å². The van der Waals surface area contributed by atoms with Crippen molar-refractivity contribution in [3.8, 4) is 17.1 Å². The van der Waals surface area contributed by atoms with Crippen LogP contribution in [0.2, 0.25) is 0 Å². The van der Waals surface area contributed by atoms with Gasteiger partial charge in [0, 0.05) is 21.0 Å². The summed E-state index contributed by atoms with van der Waals surface area (Å²) in [6.45, 7) is 4.19. The monoisotopic (exact) mass is 337 g/mol. The minimum Gasteiger partial charge on any atom is -0.268 e. The molecule has 0 saturated heterocycles. The highest BCUT2D eigenvalue weighted by molar-refractivity contribution is 7.71. The summed E-state index contributed by atoms with van der Waals surface area (Å²) < 4.78 is 3.88. The molecule has 0 atom stereocenters. The molecule has 0 aliphatic carbocycles. The van der Waals surface area contributed by atoms with Gasteiger partial charge in [0.2, 0.25) is 0 Å². The van der Waals surface area contributed by atoms with Crippen molar-refractivity contribution in [2.24, 2.45) is 0 Å². The van der Waals surface area contributed by atoms with Crippen molar-refractivity contribution in [2.45, 2.75) is 13.8 Å². The van der Waals surface area contributed by atoms with Gasteiger partial charge in [-0.15, -0.1) is 11.3 Å². The van der Waals surface area contributed by atoms with Crippen molar-refractivity contribution in [2.75, 3.05) is 0 Å². The van der Waals surface area contributed by atoms with E-state index in [4.69, 9.17) is 12.2 Å². The minimum absolute atomic E-state index is 0.611.